The first-order valence-electron chi connectivity index (χ1n) is 4.09. The Morgan fingerprint density at radius 1 is 1.31 bits per heavy atom. The van der Waals surface area contributed by atoms with E-state index in [4.69, 9.17) is 0 Å². The highest BCUT2D eigenvalue weighted by atomic mass is 16.5. The zero-order valence-electron chi connectivity index (χ0n) is 8.38. The lowest BCUT2D eigenvalue weighted by molar-refractivity contribution is -0.123. The van der Waals surface area contributed by atoms with Crippen molar-refractivity contribution in [3.05, 3.63) is 0 Å². The number of alkyl carbamates (subject to hydrolysis) is 1. The maximum atomic E-state index is 11.2. The van der Waals surface area contributed by atoms with Crippen LogP contribution in [0, 0.1) is 5.92 Å². The molecule has 0 bridgehead atoms. The van der Waals surface area contributed by atoms with Crippen molar-refractivity contribution < 1.29 is 14.3 Å². The SMILES string of the molecule is CNC(=O)C(NC(=O)OC)C(C)C. The number of hydrogen-bond acceptors (Lipinski definition) is 3. The third kappa shape index (κ3) is 3.78. The van der Waals surface area contributed by atoms with Crippen molar-refractivity contribution in [1.82, 2.24) is 10.6 Å². The molecule has 0 aliphatic carbocycles. The van der Waals surface area contributed by atoms with E-state index < -0.39 is 12.1 Å². The maximum absolute atomic E-state index is 11.2. The molecule has 2 N–H and O–H groups in total. The number of ether oxygens (including phenoxy) is 1. The van der Waals surface area contributed by atoms with Gasteiger partial charge >= 0.3 is 6.09 Å². The summed E-state index contributed by atoms with van der Waals surface area (Å²) in [6, 6.07) is -0.544. The molecular formula is C8H16N2O3. The standard InChI is InChI=1S/C8H16N2O3/c1-5(2)6(7(11)9-3)10-8(12)13-4/h5-6H,1-4H3,(H,9,11)(H,10,12). The van der Waals surface area contributed by atoms with Gasteiger partial charge in [-0.1, -0.05) is 13.8 Å². The Bertz CT molecular complexity index is 192. The molecule has 0 aliphatic rings. The number of hydrogen-bond donors (Lipinski definition) is 2. The molecule has 0 aromatic rings. The smallest absolute Gasteiger partial charge is 0.407 e. The van der Waals surface area contributed by atoms with Crippen LogP contribution in [0.15, 0.2) is 0 Å². The molecule has 0 rings (SSSR count). The highest BCUT2D eigenvalue weighted by Gasteiger charge is 2.22. The fourth-order valence-electron chi connectivity index (χ4n) is 0.876. The van der Waals surface area contributed by atoms with Gasteiger partial charge in [0.25, 0.3) is 0 Å². The summed E-state index contributed by atoms with van der Waals surface area (Å²) in [4.78, 5) is 22.1. The van der Waals surface area contributed by atoms with E-state index in [0.717, 1.165) is 0 Å². The molecule has 0 saturated carbocycles. The van der Waals surface area contributed by atoms with E-state index in [0.29, 0.717) is 0 Å². The van der Waals surface area contributed by atoms with Crippen LogP contribution in [0.2, 0.25) is 0 Å². The Morgan fingerprint density at radius 3 is 2.15 bits per heavy atom. The molecule has 0 aliphatic heterocycles. The van der Waals surface area contributed by atoms with Crippen LogP contribution >= 0.6 is 0 Å². The second-order valence-corrected chi connectivity index (χ2v) is 2.97. The third-order valence-electron chi connectivity index (χ3n) is 1.65. The average molecular weight is 188 g/mol. The minimum absolute atomic E-state index is 0.0269. The predicted octanol–water partition coefficient (Wildman–Crippen LogP) is 0.113. The molecule has 5 nitrogen and oxygen atoms in total. The molecule has 1 unspecified atom stereocenters. The van der Waals surface area contributed by atoms with Crippen LogP contribution in [-0.4, -0.2) is 32.2 Å². The Hall–Kier alpha value is -1.26. The van der Waals surface area contributed by atoms with E-state index in [2.05, 4.69) is 15.4 Å². The first-order chi connectivity index (χ1) is 6.02. The van der Waals surface area contributed by atoms with Crippen molar-refractivity contribution in [2.24, 2.45) is 5.92 Å². The van der Waals surface area contributed by atoms with Gasteiger partial charge in [0.2, 0.25) is 5.91 Å². The fourth-order valence-corrected chi connectivity index (χ4v) is 0.876. The van der Waals surface area contributed by atoms with E-state index in [-0.39, 0.29) is 11.8 Å². The Labute approximate surface area is 77.8 Å². The molecule has 76 valence electrons. The number of nitrogens with one attached hydrogen (secondary N) is 2. The van der Waals surface area contributed by atoms with Gasteiger partial charge in [-0.05, 0) is 5.92 Å². The lowest BCUT2D eigenvalue weighted by Gasteiger charge is -2.19. The van der Waals surface area contributed by atoms with Crippen LogP contribution in [-0.2, 0) is 9.53 Å². The van der Waals surface area contributed by atoms with Crippen LogP contribution in [0.3, 0.4) is 0 Å². The lowest BCUT2D eigenvalue weighted by atomic mass is 10.0. The molecule has 0 radical (unpaired) electrons. The predicted molar refractivity (Wildman–Crippen MR) is 48.2 cm³/mol. The van der Waals surface area contributed by atoms with Gasteiger partial charge in [0.15, 0.2) is 0 Å². The van der Waals surface area contributed by atoms with Gasteiger partial charge < -0.3 is 15.4 Å². The quantitative estimate of drug-likeness (QED) is 0.660. The van der Waals surface area contributed by atoms with Gasteiger partial charge in [0, 0.05) is 7.05 Å². The van der Waals surface area contributed by atoms with Crippen molar-refractivity contribution in [3.8, 4) is 0 Å². The van der Waals surface area contributed by atoms with Crippen molar-refractivity contribution in [2.75, 3.05) is 14.2 Å². The molecule has 0 spiro atoms. The molecule has 2 amide bonds. The van der Waals surface area contributed by atoms with E-state index in [1.807, 2.05) is 13.8 Å². The Kier molecular flexibility index (Phi) is 4.87. The normalized spacial score (nSPS) is 12.1. The lowest BCUT2D eigenvalue weighted by Crippen LogP contribution is -2.48. The highest BCUT2D eigenvalue weighted by Crippen LogP contribution is 2.01. The zero-order chi connectivity index (χ0) is 10.4. The van der Waals surface area contributed by atoms with Crippen LogP contribution in [0.4, 0.5) is 4.79 Å². The number of methoxy groups -OCH3 is 1. The Balaban J connectivity index is 4.26. The van der Waals surface area contributed by atoms with E-state index in [9.17, 15) is 9.59 Å². The maximum Gasteiger partial charge on any atom is 0.407 e. The number of carbonyl (C=O) groups excluding carboxylic acids is 2. The van der Waals surface area contributed by atoms with Gasteiger partial charge in [0.05, 0.1) is 7.11 Å². The van der Waals surface area contributed by atoms with Gasteiger partial charge in [-0.2, -0.15) is 0 Å². The summed E-state index contributed by atoms with van der Waals surface area (Å²) in [5.41, 5.74) is 0. The van der Waals surface area contributed by atoms with Crippen LogP contribution in [0.25, 0.3) is 0 Å². The summed E-state index contributed by atoms with van der Waals surface area (Å²) in [6.07, 6.45) is -0.595. The number of carbonyl (C=O) groups is 2. The molecule has 0 aromatic heterocycles. The summed E-state index contributed by atoms with van der Waals surface area (Å²) in [6.45, 7) is 3.69. The van der Waals surface area contributed by atoms with Crippen LogP contribution in [0.5, 0.6) is 0 Å². The van der Waals surface area contributed by atoms with Crippen LogP contribution in [0.1, 0.15) is 13.8 Å². The number of likely N-dealkylation sites (N-methyl/N-ethyl adjacent to an activating group) is 1. The minimum atomic E-state index is -0.595. The highest BCUT2D eigenvalue weighted by molar-refractivity contribution is 5.85. The van der Waals surface area contributed by atoms with Gasteiger partial charge in [-0.15, -0.1) is 0 Å². The van der Waals surface area contributed by atoms with Crippen LogP contribution < -0.4 is 10.6 Å². The summed E-state index contributed by atoms with van der Waals surface area (Å²) >= 11 is 0. The largest absolute Gasteiger partial charge is 0.453 e. The summed E-state index contributed by atoms with van der Waals surface area (Å²) < 4.78 is 4.40. The van der Waals surface area contributed by atoms with Crippen molar-refractivity contribution >= 4 is 12.0 Å². The second kappa shape index (κ2) is 5.40. The topological polar surface area (TPSA) is 67.4 Å². The third-order valence-corrected chi connectivity index (χ3v) is 1.65. The molecule has 1 atom stereocenters. The molecule has 0 saturated heterocycles. The monoisotopic (exact) mass is 188 g/mol. The minimum Gasteiger partial charge on any atom is -0.453 e. The Morgan fingerprint density at radius 2 is 1.85 bits per heavy atom. The number of amides is 2. The molecular weight excluding hydrogens is 172 g/mol. The summed E-state index contributed by atoms with van der Waals surface area (Å²) in [7, 11) is 2.78. The van der Waals surface area contributed by atoms with E-state index >= 15 is 0 Å². The second-order valence-electron chi connectivity index (χ2n) is 2.97. The molecule has 0 heterocycles. The average Bonchev–Trinajstić information content (AvgIpc) is 2.11. The first-order valence-corrected chi connectivity index (χ1v) is 4.09. The van der Waals surface area contributed by atoms with Gasteiger partial charge in [-0.25, -0.2) is 4.79 Å². The van der Waals surface area contributed by atoms with Crippen molar-refractivity contribution in [2.45, 2.75) is 19.9 Å². The molecule has 0 aromatic carbocycles. The molecule has 13 heavy (non-hydrogen) atoms. The molecule has 5 heteroatoms. The number of rotatable bonds is 3. The zero-order valence-corrected chi connectivity index (χ0v) is 8.38. The summed E-state index contributed by atoms with van der Waals surface area (Å²) in [5.74, 6) is -0.195. The summed E-state index contributed by atoms with van der Waals surface area (Å²) in [5, 5.41) is 4.91. The fraction of sp³-hybridized carbons (Fsp3) is 0.750. The van der Waals surface area contributed by atoms with Gasteiger partial charge in [-0.3, -0.25) is 4.79 Å². The van der Waals surface area contributed by atoms with Crippen molar-refractivity contribution in [3.63, 3.8) is 0 Å². The van der Waals surface area contributed by atoms with Crippen molar-refractivity contribution in [1.29, 1.82) is 0 Å². The van der Waals surface area contributed by atoms with E-state index in [1.165, 1.54) is 14.2 Å². The molecule has 0 fully saturated rings. The first kappa shape index (κ1) is 11.7. The van der Waals surface area contributed by atoms with E-state index in [1.54, 1.807) is 0 Å². The van der Waals surface area contributed by atoms with Gasteiger partial charge in [0.1, 0.15) is 6.04 Å².